The van der Waals surface area contributed by atoms with Crippen LogP contribution in [0.5, 0.6) is 0 Å². The van der Waals surface area contributed by atoms with Gasteiger partial charge in [0.15, 0.2) is 0 Å². The Morgan fingerprint density at radius 2 is 2.25 bits per heavy atom. The van der Waals surface area contributed by atoms with Crippen molar-refractivity contribution in [1.29, 1.82) is 0 Å². The Kier molecular flexibility index (Phi) is 5.18. The first-order valence-corrected chi connectivity index (χ1v) is 7.66. The maximum absolute atomic E-state index is 12.7. The molecule has 1 amide bonds. The van der Waals surface area contributed by atoms with E-state index >= 15 is 0 Å². The molecule has 3 nitrogen and oxygen atoms in total. The van der Waals surface area contributed by atoms with Gasteiger partial charge in [-0.25, -0.2) is 0 Å². The molecule has 1 aliphatic heterocycles. The van der Waals surface area contributed by atoms with Crippen LogP contribution < -0.4 is 5.32 Å². The maximum Gasteiger partial charge on any atom is 0.254 e. The lowest BCUT2D eigenvalue weighted by atomic mass is 9.98. The van der Waals surface area contributed by atoms with Gasteiger partial charge in [-0.1, -0.05) is 17.7 Å². The normalized spacial score (nSPS) is 19.1. The number of hydrogen-bond donors (Lipinski definition) is 1. The first kappa shape index (κ1) is 15.0. The van der Waals surface area contributed by atoms with E-state index in [2.05, 4.69) is 19.2 Å². The summed E-state index contributed by atoms with van der Waals surface area (Å²) in [4.78, 5) is 14.7. The first-order valence-electron chi connectivity index (χ1n) is 7.66. The molecule has 0 spiro atoms. The molecule has 0 radical (unpaired) electrons. The Morgan fingerprint density at radius 1 is 1.45 bits per heavy atom. The third-order valence-corrected chi connectivity index (χ3v) is 4.00. The van der Waals surface area contributed by atoms with Gasteiger partial charge in [0.2, 0.25) is 0 Å². The largest absolute Gasteiger partial charge is 0.336 e. The molecule has 0 bridgehead atoms. The third kappa shape index (κ3) is 3.83. The van der Waals surface area contributed by atoms with Crippen LogP contribution in [0.4, 0.5) is 0 Å². The van der Waals surface area contributed by atoms with Crippen LogP contribution in [0.1, 0.15) is 42.6 Å². The second-order valence-corrected chi connectivity index (χ2v) is 6.13. The van der Waals surface area contributed by atoms with E-state index in [1.807, 2.05) is 36.1 Å². The highest BCUT2D eigenvalue weighted by Gasteiger charge is 2.23. The van der Waals surface area contributed by atoms with Crippen molar-refractivity contribution < 1.29 is 4.79 Å². The summed E-state index contributed by atoms with van der Waals surface area (Å²) in [6.45, 7) is 9.24. The molecule has 3 heteroatoms. The molecule has 0 saturated carbocycles. The number of aryl methyl sites for hydroxylation is 1. The molecule has 1 heterocycles. The van der Waals surface area contributed by atoms with E-state index in [1.165, 1.54) is 12.8 Å². The second kappa shape index (κ2) is 6.89. The molecule has 1 aliphatic rings. The van der Waals surface area contributed by atoms with E-state index in [1.54, 1.807) is 0 Å². The summed E-state index contributed by atoms with van der Waals surface area (Å²) in [6.07, 6.45) is 2.44. The summed E-state index contributed by atoms with van der Waals surface area (Å²) in [5.41, 5.74) is 1.95. The zero-order valence-corrected chi connectivity index (χ0v) is 12.9. The van der Waals surface area contributed by atoms with Crippen molar-refractivity contribution in [3.8, 4) is 0 Å². The minimum absolute atomic E-state index is 0.161. The highest BCUT2D eigenvalue weighted by atomic mass is 16.2. The molecule has 20 heavy (non-hydrogen) atoms. The summed E-state index contributed by atoms with van der Waals surface area (Å²) in [5, 5.41) is 3.43. The number of rotatable bonds is 4. The van der Waals surface area contributed by atoms with Crippen molar-refractivity contribution in [3.05, 3.63) is 35.4 Å². The fourth-order valence-electron chi connectivity index (χ4n) is 2.83. The van der Waals surface area contributed by atoms with Crippen LogP contribution in [-0.2, 0) is 0 Å². The number of carbonyl (C=O) groups is 1. The number of benzene rings is 1. The Balaban J connectivity index is 2.09. The van der Waals surface area contributed by atoms with Crippen LogP contribution in [0.15, 0.2) is 24.3 Å². The minimum atomic E-state index is 0.161. The van der Waals surface area contributed by atoms with Crippen LogP contribution in [0.25, 0.3) is 0 Å². The van der Waals surface area contributed by atoms with Gasteiger partial charge >= 0.3 is 0 Å². The van der Waals surface area contributed by atoms with Gasteiger partial charge in [-0.2, -0.15) is 0 Å². The van der Waals surface area contributed by atoms with Gasteiger partial charge < -0.3 is 10.2 Å². The SMILES string of the molecule is Cc1cccc(C(=O)N(CC2CCCNC2)C(C)C)c1. The Labute approximate surface area is 122 Å². The lowest BCUT2D eigenvalue weighted by molar-refractivity contribution is 0.0661. The van der Waals surface area contributed by atoms with E-state index < -0.39 is 0 Å². The molecule has 1 unspecified atom stereocenters. The van der Waals surface area contributed by atoms with E-state index in [0.717, 1.165) is 30.8 Å². The lowest BCUT2D eigenvalue weighted by Gasteiger charge is -2.33. The van der Waals surface area contributed by atoms with E-state index in [9.17, 15) is 4.79 Å². The number of amides is 1. The number of carbonyl (C=O) groups excluding carboxylic acids is 1. The number of hydrogen-bond acceptors (Lipinski definition) is 2. The number of nitrogens with zero attached hydrogens (tertiary/aromatic N) is 1. The van der Waals surface area contributed by atoms with Crippen LogP contribution in [-0.4, -0.2) is 36.5 Å². The highest BCUT2D eigenvalue weighted by Crippen LogP contribution is 2.16. The van der Waals surface area contributed by atoms with Gasteiger partial charge in [0.05, 0.1) is 0 Å². The van der Waals surface area contributed by atoms with Crippen LogP contribution in [0.2, 0.25) is 0 Å². The lowest BCUT2D eigenvalue weighted by Crippen LogP contribution is -2.44. The molecular weight excluding hydrogens is 248 g/mol. The zero-order chi connectivity index (χ0) is 14.5. The standard InChI is InChI=1S/C17H26N2O/c1-13(2)19(12-15-7-5-9-18-11-15)17(20)16-8-4-6-14(3)10-16/h4,6,8,10,13,15,18H,5,7,9,11-12H2,1-3H3. The summed E-state index contributed by atoms with van der Waals surface area (Å²) in [7, 11) is 0. The van der Waals surface area contributed by atoms with E-state index in [4.69, 9.17) is 0 Å². The second-order valence-electron chi connectivity index (χ2n) is 6.13. The van der Waals surface area contributed by atoms with Crippen molar-refractivity contribution >= 4 is 5.91 Å². The van der Waals surface area contributed by atoms with Crippen molar-refractivity contribution in [2.75, 3.05) is 19.6 Å². The summed E-state index contributed by atoms with van der Waals surface area (Å²) in [6, 6.07) is 8.13. The van der Waals surface area contributed by atoms with Gasteiger partial charge in [0, 0.05) is 18.2 Å². The average molecular weight is 274 g/mol. The molecule has 0 aliphatic carbocycles. The Morgan fingerprint density at radius 3 is 2.85 bits per heavy atom. The molecule has 110 valence electrons. The molecule has 1 N–H and O–H groups in total. The predicted molar refractivity (Wildman–Crippen MR) is 82.9 cm³/mol. The number of nitrogens with one attached hydrogen (secondary N) is 1. The van der Waals surface area contributed by atoms with Gasteiger partial charge in [-0.15, -0.1) is 0 Å². The topological polar surface area (TPSA) is 32.3 Å². The molecule has 1 saturated heterocycles. The van der Waals surface area contributed by atoms with Gasteiger partial charge in [0.25, 0.3) is 5.91 Å². The molecule has 1 atom stereocenters. The fourth-order valence-corrected chi connectivity index (χ4v) is 2.83. The van der Waals surface area contributed by atoms with Crippen LogP contribution in [0.3, 0.4) is 0 Å². The van der Waals surface area contributed by atoms with E-state index in [0.29, 0.717) is 5.92 Å². The number of piperidine rings is 1. The maximum atomic E-state index is 12.7. The fraction of sp³-hybridized carbons (Fsp3) is 0.588. The Hall–Kier alpha value is -1.35. The summed E-state index contributed by atoms with van der Waals surface area (Å²) in [5.74, 6) is 0.745. The average Bonchev–Trinajstić information content (AvgIpc) is 2.45. The molecule has 0 aromatic heterocycles. The van der Waals surface area contributed by atoms with Gasteiger partial charge in [0.1, 0.15) is 0 Å². The van der Waals surface area contributed by atoms with Crippen molar-refractivity contribution in [2.24, 2.45) is 5.92 Å². The smallest absolute Gasteiger partial charge is 0.254 e. The molecule has 1 aromatic rings. The predicted octanol–water partition coefficient (Wildman–Crippen LogP) is 2.85. The van der Waals surface area contributed by atoms with Crippen molar-refractivity contribution in [1.82, 2.24) is 10.2 Å². The minimum Gasteiger partial charge on any atom is -0.336 e. The molecule has 1 fully saturated rings. The molecular formula is C17H26N2O. The summed E-state index contributed by atoms with van der Waals surface area (Å²) < 4.78 is 0. The van der Waals surface area contributed by atoms with Crippen molar-refractivity contribution in [3.63, 3.8) is 0 Å². The summed E-state index contributed by atoms with van der Waals surface area (Å²) >= 11 is 0. The quantitative estimate of drug-likeness (QED) is 0.915. The highest BCUT2D eigenvalue weighted by molar-refractivity contribution is 5.94. The van der Waals surface area contributed by atoms with Crippen molar-refractivity contribution in [2.45, 2.75) is 39.7 Å². The molecule has 1 aromatic carbocycles. The van der Waals surface area contributed by atoms with E-state index in [-0.39, 0.29) is 11.9 Å². The zero-order valence-electron chi connectivity index (χ0n) is 12.9. The molecule has 2 rings (SSSR count). The Bertz CT molecular complexity index is 450. The third-order valence-electron chi connectivity index (χ3n) is 4.00. The van der Waals surface area contributed by atoms with Gasteiger partial charge in [-0.3, -0.25) is 4.79 Å². The monoisotopic (exact) mass is 274 g/mol. The van der Waals surface area contributed by atoms with Crippen LogP contribution >= 0.6 is 0 Å². The van der Waals surface area contributed by atoms with Gasteiger partial charge in [-0.05, 0) is 64.8 Å². The first-order chi connectivity index (χ1) is 9.58. The van der Waals surface area contributed by atoms with Crippen LogP contribution in [0, 0.1) is 12.8 Å².